The summed E-state index contributed by atoms with van der Waals surface area (Å²) in [5, 5.41) is 0. The summed E-state index contributed by atoms with van der Waals surface area (Å²) in [7, 11) is 0. The third-order valence-electron chi connectivity index (χ3n) is 4.49. The second kappa shape index (κ2) is 8.67. The summed E-state index contributed by atoms with van der Waals surface area (Å²) < 4.78 is 12.8. The van der Waals surface area contributed by atoms with E-state index in [9.17, 15) is 4.79 Å². The van der Waals surface area contributed by atoms with E-state index in [0.29, 0.717) is 25.4 Å². The maximum absolute atomic E-state index is 11.9. The molecule has 0 aliphatic carbocycles. The molecule has 4 rings (SSSR count). The standard InChI is InChI=1S/C23H21N3O3/c1-2-29-23(27)18-9-10-22-21(13-18)25-16-26(22)20-8-5-6-17(12-20)14-28-15-19-7-3-4-11-24-19/h3-13,16H,2,14-15H2,1H3. The van der Waals surface area contributed by atoms with Crippen molar-refractivity contribution in [3.63, 3.8) is 0 Å². The molecule has 6 nitrogen and oxygen atoms in total. The number of hydrogen-bond acceptors (Lipinski definition) is 5. The first kappa shape index (κ1) is 18.8. The van der Waals surface area contributed by atoms with Crippen LogP contribution >= 0.6 is 0 Å². The summed E-state index contributed by atoms with van der Waals surface area (Å²) in [6, 6.07) is 19.3. The van der Waals surface area contributed by atoms with Crippen molar-refractivity contribution in [3.8, 4) is 5.69 Å². The SMILES string of the molecule is CCOC(=O)c1ccc2c(c1)ncn2-c1cccc(COCc2ccccn2)c1. The molecule has 0 fully saturated rings. The van der Waals surface area contributed by atoms with Gasteiger partial charge in [0.05, 0.1) is 42.1 Å². The maximum Gasteiger partial charge on any atom is 0.338 e. The normalized spacial score (nSPS) is 10.9. The number of imidazole rings is 1. The maximum atomic E-state index is 11.9. The predicted molar refractivity (Wildman–Crippen MR) is 110 cm³/mol. The highest BCUT2D eigenvalue weighted by atomic mass is 16.5. The minimum Gasteiger partial charge on any atom is -0.462 e. The number of rotatable bonds is 7. The van der Waals surface area contributed by atoms with Gasteiger partial charge in [-0.3, -0.25) is 9.55 Å². The zero-order valence-electron chi connectivity index (χ0n) is 16.1. The van der Waals surface area contributed by atoms with Gasteiger partial charge in [0.1, 0.15) is 6.33 Å². The molecule has 4 aromatic rings. The van der Waals surface area contributed by atoms with E-state index < -0.39 is 0 Å². The topological polar surface area (TPSA) is 66.2 Å². The Morgan fingerprint density at radius 1 is 1.00 bits per heavy atom. The lowest BCUT2D eigenvalue weighted by Gasteiger charge is -2.09. The summed E-state index contributed by atoms with van der Waals surface area (Å²) in [6.07, 6.45) is 3.52. The average molecular weight is 387 g/mol. The lowest BCUT2D eigenvalue weighted by atomic mass is 10.2. The number of nitrogens with zero attached hydrogens (tertiary/aromatic N) is 3. The summed E-state index contributed by atoms with van der Waals surface area (Å²) in [5.41, 5.74) is 5.11. The number of carbonyl (C=O) groups excluding carboxylic acids is 1. The molecular weight excluding hydrogens is 366 g/mol. The number of esters is 1. The fourth-order valence-electron chi connectivity index (χ4n) is 3.11. The molecule has 0 unspecified atom stereocenters. The van der Waals surface area contributed by atoms with Crippen molar-refractivity contribution in [2.75, 3.05) is 6.61 Å². The summed E-state index contributed by atoms with van der Waals surface area (Å²) in [4.78, 5) is 20.6. The Morgan fingerprint density at radius 3 is 2.76 bits per heavy atom. The average Bonchev–Trinajstić information content (AvgIpc) is 3.18. The Morgan fingerprint density at radius 2 is 1.93 bits per heavy atom. The summed E-state index contributed by atoms with van der Waals surface area (Å²) >= 11 is 0. The van der Waals surface area contributed by atoms with E-state index in [1.54, 1.807) is 31.6 Å². The third kappa shape index (κ3) is 4.33. The first-order valence-electron chi connectivity index (χ1n) is 9.46. The second-order valence-electron chi connectivity index (χ2n) is 6.52. The molecule has 0 radical (unpaired) electrons. The van der Waals surface area contributed by atoms with Crippen LogP contribution in [-0.4, -0.2) is 27.1 Å². The largest absolute Gasteiger partial charge is 0.462 e. The Balaban J connectivity index is 1.51. The Kier molecular flexibility index (Phi) is 5.63. The van der Waals surface area contributed by atoms with Gasteiger partial charge in [0, 0.05) is 11.9 Å². The molecule has 2 aromatic heterocycles. The van der Waals surface area contributed by atoms with Crippen LogP contribution in [0.1, 0.15) is 28.5 Å². The van der Waals surface area contributed by atoms with Gasteiger partial charge in [-0.2, -0.15) is 0 Å². The van der Waals surface area contributed by atoms with Crippen LogP contribution in [0.25, 0.3) is 16.7 Å². The van der Waals surface area contributed by atoms with Crippen LogP contribution in [-0.2, 0) is 22.7 Å². The zero-order valence-corrected chi connectivity index (χ0v) is 16.1. The van der Waals surface area contributed by atoms with Gasteiger partial charge in [-0.1, -0.05) is 18.2 Å². The van der Waals surface area contributed by atoms with Crippen molar-refractivity contribution in [2.45, 2.75) is 20.1 Å². The Labute approximate surface area is 168 Å². The van der Waals surface area contributed by atoms with E-state index in [4.69, 9.17) is 9.47 Å². The van der Waals surface area contributed by atoms with Gasteiger partial charge in [0.15, 0.2) is 0 Å². The minimum atomic E-state index is -0.337. The number of benzene rings is 2. The number of hydrogen-bond donors (Lipinski definition) is 0. The molecule has 146 valence electrons. The molecule has 2 aromatic carbocycles. The predicted octanol–water partition coefficient (Wildman–Crippen LogP) is 4.31. The summed E-state index contributed by atoms with van der Waals surface area (Å²) in [5.74, 6) is -0.337. The first-order chi connectivity index (χ1) is 14.2. The number of fused-ring (bicyclic) bond motifs is 1. The fraction of sp³-hybridized carbons (Fsp3) is 0.174. The third-order valence-corrected chi connectivity index (χ3v) is 4.49. The van der Waals surface area contributed by atoms with Gasteiger partial charge in [0.25, 0.3) is 0 Å². The van der Waals surface area contributed by atoms with Gasteiger partial charge >= 0.3 is 5.97 Å². The van der Waals surface area contributed by atoms with Crippen LogP contribution in [0, 0.1) is 0 Å². The van der Waals surface area contributed by atoms with Crippen molar-refractivity contribution < 1.29 is 14.3 Å². The molecule has 0 spiro atoms. The van der Waals surface area contributed by atoms with Gasteiger partial charge in [-0.25, -0.2) is 9.78 Å². The van der Waals surface area contributed by atoms with Gasteiger partial charge in [-0.05, 0) is 55.0 Å². The molecule has 0 aliphatic rings. The molecule has 0 amide bonds. The van der Waals surface area contributed by atoms with Crippen molar-refractivity contribution in [3.05, 3.63) is 90.0 Å². The highest BCUT2D eigenvalue weighted by Gasteiger charge is 2.11. The van der Waals surface area contributed by atoms with E-state index in [-0.39, 0.29) is 5.97 Å². The van der Waals surface area contributed by atoms with Crippen LogP contribution in [0.2, 0.25) is 0 Å². The monoisotopic (exact) mass is 387 g/mol. The van der Waals surface area contributed by atoms with Crippen molar-refractivity contribution in [1.82, 2.24) is 14.5 Å². The molecule has 0 aliphatic heterocycles. The van der Waals surface area contributed by atoms with Crippen molar-refractivity contribution >= 4 is 17.0 Å². The van der Waals surface area contributed by atoms with Crippen LogP contribution in [0.15, 0.2) is 73.2 Å². The lowest BCUT2D eigenvalue weighted by Crippen LogP contribution is -2.04. The smallest absolute Gasteiger partial charge is 0.338 e. The van der Waals surface area contributed by atoms with Crippen molar-refractivity contribution in [1.29, 1.82) is 0 Å². The molecule has 0 N–H and O–H groups in total. The van der Waals surface area contributed by atoms with E-state index >= 15 is 0 Å². The minimum absolute atomic E-state index is 0.337. The quantitative estimate of drug-likeness (QED) is 0.442. The molecule has 0 atom stereocenters. The molecule has 0 saturated carbocycles. The first-order valence-corrected chi connectivity index (χ1v) is 9.46. The molecule has 0 saturated heterocycles. The number of aromatic nitrogens is 3. The van der Waals surface area contributed by atoms with Crippen molar-refractivity contribution in [2.24, 2.45) is 0 Å². The number of pyridine rings is 1. The van der Waals surface area contributed by atoms with Gasteiger partial charge in [0.2, 0.25) is 0 Å². The molecule has 29 heavy (non-hydrogen) atoms. The van der Waals surface area contributed by atoms with Crippen LogP contribution in [0.4, 0.5) is 0 Å². The van der Waals surface area contributed by atoms with Gasteiger partial charge < -0.3 is 9.47 Å². The molecule has 2 heterocycles. The highest BCUT2D eigenvalue weighted by Crippen LogP contribution is 2.21. The number of ether oxygens (including phenoxy) is 2. The van der Waals surface area contributed by atoms with E-state index in [2.05, 4.69) is 16.0 Å². The highest BCUT2D eigenvalue weighted by molar-refractivity contribution is 5.93. The second-order valence-corrected chi connectivity index (χ2v) is 6.52. The van der Waals surface area contributed by atoms with E-state index in [1.807, 2.05) is 47.0 Å². The van der Waals surface area contributed by atoms with Crippen LogP contribution in [0.5, 0.6) is 0 Å². The van der Waals surface area contributed by atoms with E-state index in [1.165, 1.54) is 0 Å². The Hall–Kier alpha value is -3.51. The fourth-order valence-corrected chi connectivity index (χ4v) is 3.11. The van der Waals surface area contributed by atoms with Crippen LogP contribution in [0.3, 0.4) is 0 Å². The molecular formula is C23H21N3O3. The lowest BCUT2D eigenvalue weighted by molar-refractivity contribution is 0.0526. The molecule has 6 heteroatoms. The molecule has 0 bridgehead atoms. The number of carbonyl (C=O) groups is 1. The van der Waals surface area contributed by atoms with Gasteiger partial charge in [-0.15, -0.1) is 0 Å². The Bertz CT molecular complexity index is 1120. The zero-order chi connectivity index (χ0) is 20.1. The van der Waals surface area contributed by atoms with Crippen LogP contribution < -0.4 is 0 Å². The summed E-state index contributed by atoms with van der Waals surface area (Å²) in [6.45, 7) is 3.10. The van der Waals surface area contributed by atoms with E-state index in [0.717, 1.165) is 28.0 Å².